The summed E-state index contributed by atoms with van der Waals surface area (Å²) in [7, 11) is 1.57. The lowest BCUT2D eigenvalue weighted by Gasteiger charge is -2.07. The molecule has 0 unspecified atom stereocenters. The summed E-state index contributed by atoms with van der Waals surface area (Å²) < 4.78 is 10.8. The number of methoxy groups -OCH3 is 1. The van der Waals surface area contributed by atoms with E-state index in [0.29, 0.717) is 43.8 Å². The molecule has 0 radical (unpaired) electrons. The number of benzene rings is 2. The van der Waals surface area contributed by atoms with Gasteiger partial charge in [-0.3, -0.25) is 4.79 Å². The fourth-order valence-corrected chi connectivity index (χ4v) is 2.84. The number of ether oxygens (including phenoxy) is 1. The number of carbonyl (C=O) groups is 1. The van der Waals surface area contributed by atoms with Gasteiger partial charge >= 0.3 is 0 Å². The van der Waals surface area contributed by atoms with E-state index in [0.717, 1.165) is 0 Å². The van der Waals surface area contributed by atoms with E-state index in [-0.39, 0.29) is 5.91 Å². The molecular formula is C17H13Cl2NO3. The van der Waals surface area contributed by atoms with Gasteiger partial charge in [0, 0.05) is 10.4 Å². The molecule has 23 heavy (non-hydrogen) atoms. The first-order chi connectivity index (χ1) is 11.0. The predicted molar refractivity (Wildman–Crippen MR) is 91.9 cm³/mol. The van der Waals surface area contributed by atoms with E-state index in [9.17, 15) is 4.79 Å². The van der Waals surface area contributed by atoms with Crippen molar-refractivity contribution < 1.29 is 13.9 Å². The number of halogens is 2. The average Bonchev–Trinajstić information content (AvgIpc) is 2.84. The van der Waals surface area contributed by atoms with Gasteiger partial charge in [0.05, 0.1) is 23.4 Å². The van der Waals surface area contributed by atoms with Crippen molar-refractivity contribution in [2.45, 2.75) is 6.92 Å². The number of furan rings is 1. The van der Waals surface area contributed by atoms with E-state index in [1.165, 1.54) is 0 Å². The van der Waals surface area contributed by atoms with E-state index in [4.69, 9.17) is 32.4 Å². The number of hydrogen-bond donors (Lipinski definition) is 1. The second-order valence-electron chi connectivity index (χ2n) is 4.97. The van der Waals surface area contributed by atoms with Crippen LogP contribution in [0.15, 0.2) is 40.8 Å². The number of anilines is 1. The molecule has 4 nitrogen and oxygen atoms in total. The maximum Gasteiger partial charge on any atom is 0.259 e. The molecule has 0 bridgehead atoms. The highest BCUT2D eigenvalue weighted by Gasteiger charge is 2.19. The number of hydrogen-bond acceptors (Lipinski definition) is 3. The molecule has 2 aromatic carbocycles. The molecular weight excluding hydrogens is 337 g/mol. The number of aryl methyl sites for hydroxylation is 1. The largest absolute Gasteiger partial charge is 0.497 e. The first kappa shape index (κ1) is 15.7. The molecule has 3 aromatic rings. The van der Waals surface area contributed by atoms with Crippen LogP contribution < -0.4 is 10.1 Å². The molecule has 0 saturated carbocycles. The van der Waals surface area contributed by atoms with Crippen LogP contribution in [0.3, 0.4) is 0 Å². The van der Waals surface area contributed by atoms with Crippen LogP contribution in [0.25, 0.3) is 11.0 Å². The van der Waals surface area contributed by atoms with Gasteiger partial charge < -0.3 is 14.5 Å². The van der Waals surface area contributed by atoms with Gasteiger partial charge in [0.1, 0.15) is 17.1 Å². The Morgan fingerprint density at radius 2 is 1.96 bits per heavy atom. The summed E-state index contributed by atoms with van der Waals surface area (Å²) in [5.41, 5.74) is 1.55. The van der Waals surface area contributed by atoms with Crippen LogP contribution in [-0.2, 0) is 0 Å². The molecule has 118 valence electrons. The molecule has 1 N–H and O–H groups in total. The maximum atomic E-state index is 12.6. The van der Waals surface area contributed by atoms with E-state index in [1.54, 1.807) is 50.4 Å². The van der Waals surface area contributed by atoms with Crippen LogP contribution in [0.4, 0.5) is 5.69 Å². The van der Waals surface area contributed by atoms with Crippen LogP contribution in [-0.4, -0.2) is 13.0 Å². The molecule has 0 atom stereocenters. The van der Waals surface area contributed by atoms with Gasteiger partial charge in [-0.25, -0.2) is 0 Å². The van der Waals surface area contributed by atoms with Crippen molar-refractivity contribution in [2.75, 3.05) is 12.4 Å². The third-order valence-corrected chi connectivity index (χ3v) is 4.03. The highest BCUT2D eigenvalue weighted by molar-refractivity contribution is 6.37. The topological polar surface area (TPSA) is 51.5 Å². The maximum absolute atomic E-state index is 12.6. The average molecular weight is 350 g/mol. The SMILES string of the molecule is COc1ccc2oc(C)c(C(=O)Nc3ccc(Cl)cc3Cl)c2c1. The van der Waals surface area contributed by atoms with Crippen LogP contribution in [0.1, 0.15) is 16.1 Å². The molecule has 0 aliphatic carbocycles. The molecule has 0 saturated heterocycles. The number of carbonyl (C=O) groups excluding carboxylic acids is 1. The Morgan fingerprint density at radius 1 is 1.17 bits per heavy atom. The first-order valence-electron chi connectivity index (χ1n) is 6.83. The van der Waals surface area contributed by atoms with Gasteiger partial charge in [-0.2, -0.15) is 0 Å². The summed E-state index contributed by atoms with van der Waals surface area (Å²) in [5.74, 6) is 0.867. The van der Waals surface area contributed by atoms with Crippen LogP contribution in [0, 0.1) is 6.92 Å². The highest BCUT2D eigenvalue weighted by Crippen LogP contribution is 2.31. The number of fused-ring (bicyclic) bond motifs is 1. The third kappa shape index (κ3) is 3.00. The van der Waals surface area contributed by atoms with Crippen LogP contribution in [0.2, 0.25) is 10.0 Å². The molecule has 6 heteroatoms. The van der Waals surface area contributed by atoms with Crippen molar-refractivity contribution in [3.05, 3.63) is 57.8 Å². The fourth-order valence-electron chi connectivity index (χ4n) is 2.38. The van der Waals surface area contributed by atoms with Gasteiger partial charge in [0.15, 0.2) is 0 Å². The van der Waals surface area contributed by atoms with Gasteiger partial charge in [0.25, 0.3) is 5.91 Å². The van der Waals surface area contributed by atoms with E-state index in [1.807, 2.05) is 0 Å². The monoisotopic (exact) mass is 349 g/mol. The summed E-state index contributed by atoms with van der Waals surface area (Å²) >= 11 is 12.0. The predicted octanol–water partition coefficient (Wildman–Crippen LogP) is 5.31. The number of rotatable bonds is 3. The van der Waals surface area contributed by atoms with Crippen molar-refractivity contribution in [3.8, 4) is 5.75 Å². The van der Waals surface area contributed by atoms with Crippen molar-refractivity contribution in [1.29, 1.82) is 0 Å². The Labute approximate surface area is 142 Å². The second-order valence-corrected chi connectivity index (χ2v) is 5.82. The Bertz CT molecular complexity index is 902. The van der Waals surface area contributed by atoms with E-state index in [2.05, 4.69) is 5.32 Å². The molecule has 1 aromatic heterocycles. The van der Waals surface area contributed by atoms with Crippen molar-refractivity contribution in [3.63, 3.8) is 0 Å². The second kappa shape index (κ2) is 6.14. The molecule has 0 spiro atoms. The first-order valence-corrected chi connectivity index (χ1v) is 7.58. The minimum absolute atomic E-state index is 0.307. The summed E-state index contributed by atoms with van der Waals surface area (Å²) in [6.07, 6.45) is 0. The molecule has 0 fully saturated rings. The lowest BCUT2D eigenvalue weighted by atomic mass is 10.1. The van der Waals surface area contributed by atoms with Gasteiger partial charge in [-0.15, -0.1) is 0 Å². The summed E-state index contributed by atoms with van der Waals surface area (Å²) in [6, 6.07) is 10.2. The zero-order chi connectivity index (χ0) is 16.6. The molecule has 1 amide bonds. The lowest BCUT2D eigenvalue weighted by molar-refractivity contribution is 0.102. The molecule has 0 aliphatic rings. The third-order valence-electron chi connectivity index (χ3n) is 3.48. The standard InChI is InChI=1S/C17H13Cl2NO3/c1-9-16(12-8-11(22-2)4-6-15(12)23-9)17(21)20-14-5-3-10(18)7-13(14)19/h3-8H,1-2H3,(H,20,21). The van der Waals surface area contributed by atoms with Gasteiger partial charge in [-0.1, -0.05) is 23.2 Å². The zero-order valence-corrected chi connectivity index (χ0v) is 14.0. The van der Waals surface area contributed by atoms with Crippen LogP contribution >= 0.6 is 23.2 Å². The van der Waals surface area contributed by atoms with E-state index < -0.39 is 0 Å². The summed E-state index contributed by atoms with van der Waals surface area (Å²) in [5, 5.41) is 4.34. The molecule has 0 aliphatic heterocycles. The quantitative estimate of drug-likeness (QED) is 0.697. The smallest absolute Gasteiger partial charge is 0.259 e. The fraction of sp³-hybridized carbons (Fsp3) is 0.118. The Morgan fingerprint density at radius 3 is 2.65 bits per heavy atom. The van der Waals surface area contributed by atoms with Gasteiger partial charge in [-0.05, 0) is 43.3 Å². The lowest BCUT2D eigenvalue weighted by Crippen LogP contribution is -2.12. The summed E-state index contributed by atoms with van der Waals surface area (Å²) in [4.78, 5) is 12.6. The number of nitrogens with one attached hydrogen (secondary N) is 1. The minimum Gasteiger partial charge on any atom is -0.497 e. The van der Waals surface area contributed by atoms with Crippen LogP contribution in [0.5, 0.6) is 5.75 Å². The normalized spacial score (nSPS) is 10.8. The van der Waals surface area contributed by atoms with Gasteiger partial charge in [0.2, 0.25) is 0 Å². The highest BCUT2D eigenvalue weighted by atomic mass is 35.5. The molecule has 3 rings (SSSR count). The Balaban J connectivity index is 2.01. The number of amides is 1. The zero-order valence-electron chi connectivity index (χ0n) is 12.4. The minimum atomic E-state index is -0.307. The van der Waals surface area contributed by atoms with Crippen molar-refractivity contribution in [1.82, 2.24) is 0 Å². The van der Waals surface area contributed by atoms with E-state index >= 15 is 0 Å². The Kier molecular flexibility index (Phi) is 4.20. The Hall–Kier alpha value is -2.17. The summed E-state index contributed by atoms with van der Waals surface area (Å²) in [6.45, 7) is 1.74. The molecule has 1 heterocycles. The van der Waals surface area contributed by atoms with Crippen molar-refractivity contribution >= 4 is 45.8 Å². The van der Waals surface area contributed by atoms with Crippen molar-refractivity contribution in [2.24, 2.45) is 0 Å².